The lowest BCUT2D eigenvalue weighted by atomic mass is 10.1. The summed E-state index contributed by atoms with van der Waals surface area (Å²) < 4.78 is 5.90. The fraction of sp³-hybridized carbons (Fsp3) is 0.650. The van der Waals surface area contributed by atoms with E-state index in [1.54, 1.807) is 0 Å². The van der Waals surface area contributed by atoms with Gasteiger partial charge in [-0.1, -0.05) is 37.3 Å². The summed E-state index contributed by atoms with van der Waals surface area (Å²) in [5, 5.41) is 3.37. The normalized spacial score (nSPS) is 22.6. The quantitative estimate of drug-likeness (QED) is 0.740. The summed E-state index contributed by atoms with van der Waals surface area (Å²) in [4.78, 5) is 17.3. The Morgan fingerprint density at radius 3 is 2.74 bits per heavy atom. The lowest BCUT2D eigenvalue weighted by molar-refractivity contribution is -0.138. The number of rotatable bonds is 7. The van der Waals surface area contributed by atoms with Crippen molar-refractivity contribution in [2.75, 3.05) is 39.3 Å². The summed E-state index contributed by atoms with van der Waals surface area (Å²) in [6.45, 7) is 8.35. The molecule has 2 aliphatic heterocycles. The van der Waals surface area contributed by atoms with Crippen molar-refractivity contribution in [2.45, 2.75) is 44.9 Å². The molecule has 27 heavy (non-hydrogen) atoms. The summed E-state index contributed by atoms with van der Waals surface area (Å²) in [6, 6.07) is 10.9. The van der Waals surface area contributed by atoms with E-state index in [0.717, 1.165) is 52.1 Å². The molecule has 2 heterocycles. The van der Waals surface area contributed by atoms with E-state index in [1.165, 1.54) is 5.56 Å². The maximum Gasteiger partial charge on any atom is 0.225 e. The van der Waals surface area contributed by atoms with Crippen LogP contribution in [-0.4, -0.2) is 67.2 Å². The molecule has 0 aliphatic carbocycles. The van der Waals surface area contributed by atoms with Gasteiger partial charge in [0.15, 0.2) is 0 Å². The molecule has 2 saturated heterocycles. The Labute approximate surface area is 175 Å². The van der Waals surface area contributed by atoms with Gasteiger partial charge in [0.2, 0.25) is 5.91 Å². The fourth-order valence-electron chi connectivity index (χ4n) is 3.86. The standard InChI is InChI=1S/C20H31N3O2.2ClH/c1-2-10-23(18-8-9-21-14-18)20(24)13-19-16-22(11-12-25-19)15-17-6-4-3-5-7-17;;/h3-7,18-19,21H,2,8-16H2,1H3;2*1H. The third-order valence-corrected chi connectivity index (χ3v) is 5.13. The molecule has 0 radical (unpaired) electrons. The van der Waals surface area contributed by atoms with Crippen molar-refractivity contribution in [3.05, 3.63) is 35.9 Å². The van der Waals surface area contributed by atoms with Crippen LogP contribution in [0.4, 0.5) is 0 Å². The van der Waals surface area contributed by atoms with E-state index in [1.807, 2.05) is 6.07 Å². The second-order valence-corrected chi connectivity index (χ2v) is 7.15. The van der Waals surface area contributed by atoms with Crippen LogP contribution in [-0.2, 0) is 16.1 Å². The minimum atomic E-state index is 0. The Morgan fingerprint density at radius 1 is 1.30 bits per heavy atom. The maximum atomic E-state index is 12.9. The van der Waals surface area contributed by atoms with Crippen LogP contribution < -0.4 is 5.32 Å². The van der Waals surface area contributed by atoms with Gasteiger partial charge in [-0.25, -0.2) is 0 Å². The van der Waals surface area contributed by atoms with Gasteiger partial charge in [0.25, 0.3) is 0 Å². The number of morpholine rings is 1. The predicted octanol–water partition coefficient (Wildman–Crippen LogP) is 2.72. The monoisotopic (exact) mass is 417 g/mol. The van der Waals surface area contributed by atoms with Crippen LogP contribution in [0.15, 0.2) is 30.3 Å². The lowest BCUT2D eigenvalue weighted by Gasteiger charge is -2.35. The van der Waals surface area contributed by atoms with E-state index in [4.69, 9.17) is 4.74 Å². The third kappa shape index (κ3) is 7.24. The van der Waals surface area contributed by atoms with Crippen LogP contribution in [0, 0.1) is 0 Å². The maximum absolute atomic E-state index is 12.9. The minimum Gasteiger partial charge on any atom is -0.375 e. The summed E-state index contributed by atoms with van der Waals surface area (Å²) >= 11 is 0. The lowest BCUT2D eigenvalue weighted by Crippen LogP contribution is -2.47. The van der Waals surface area contributed by atoms with Gasteiger partial charge >= 0.3 is 0 Å². The summed E-state index contributed by atoms with van der Waals surface area (Å²) in [5.74, 6) is 0.252. The Hall–Kier alpha value is -0.850. The average Bonchev–Trinajstić information content (AvgIpc) is 3.15. The van der Waals surface area contributed by atoms with Gasteiger partial charge in [-0.3, -0.25) is 9.69 Å². The topological polar surface area (TPSA) is 44.8 Å². The van der Waals surface area contributed by atoms with Gasteiger partial charge in [-0.2, -0.15) is 0 Å². The number of ether oxygens (including phenoxy) is 1. The molecule has 2 unspecified atom stereocenters. The molecule has 2 aliphatic rings. The number of hydrogen-bond acceptors (Lipinski definition) is 4. The van der Waals surface area contributed by atoms with Gasteiger partial charge in [0.05, 0.1) is 19.1 Å². The zero-order valence-corrected chi connectivity index (χ0v) is 17.8. The number of amides is 1. The number of nitrogens with one attached hydrogen (secondary N) is 1. The third-order valence-electron chi connectivity index (χ3n) is 5.13. The second kappa shape index (κ2) is 12.6. The smallest absolute Gasteiger partial charge is 0.225 e. The average molecular weight is 418 g/mol. The molecule has 2 fully saturated rings. The molecule has 154 valence electrons. The Balaban J connectivity index is 0.00000182. The molecular weight excluding hydrogens is 385 g/mol. The molecule has 5 nitrogen and oxygen atoms in total. The van der Waals surface area contributed by atoms with Crippen LogP contribution in [0.25, 0.3) is 0 Å². The van der Waals surface area contributed by atoms with E-state index < -0.39 is 0 Å². The van der Waals surface area contributed by atoms with Gasteiger partial charge in [0.1, 0.15) is 0 Å². The highest BCUT2D eigenvalue weighted by atomic mass is 35.5. The van der Waals surface area contributed by atoms with Crippen LogP contribution in [0.1, 0.15) is 31.7 Å². The molecule has 0 saturated carbocycles. The molecule has 0 spiro atoms. The van der Waals surface area contributed by atoms with Crippen molar-refractivity contribution in [3.8, 4) is 0 Å². The van der Waals surface area contributed by atoms with E-state index in [9.17, 15) is 4.79 Å². The number of nitrogens with zero attached hydrogens (tertiary/aromatic N) is 2. The molecule has 3 rings (SSSR count). The fourth-order valence-corrected chi connectivity index (χ4v) is 3.86. The van der Waals surface area contributed by atoms with Crippen LogP contribution in [0.2, 0.25) is 0 Å². The highest BCUT2D eigenvalue weighted by Crippen LogP contribution is 2.16. The summed E-state index contributed by atoms with van der Waals surface area (Å²) in [6.07, 6.45) is 2.59. The highest BCUT2D eigenvalue weighted by Gasteiger charge is 2.29. The van der Waals surface area contributed by atoms with Crippen LogP contribution in [0.5, 0.6) is 0 Å². The van der Waals surface area contributed by atoms with Gasteiger partial charge in [-0.15, -0.1) is 24.8 Å². The molecule has 0 bridgehead atoms. The number of carbonyl (C=O) groups excluding carboxylic acids is 1. The van der Waals surface area contributed by atoms with Crippen LogP contribution >= 0.6 is 24.8 Å². The minimum absolute atomic E-state index is 0. The SMILES string of the molecule is CCCN(C(=O)CC1CN(Cc2ccccc2)CCO1)C1CCNC1.Cl.Cl. The highest BCUT2D eigenvalue weighted by molar-refractivity contribution is 5.85. The van der Waals surface area contributed by atoms with Crippen molar-refractivity contribution < 1.29 is 9.53 Å². The predicted molar refractivity (Wildman–Crippen MR) is 114 cm³/mol. The summed E-state index contributed by atoms with van der Waals surface area (Å²) in [5.41, 5.74) is 1.32. The molecule has 1 N–H and O–H groups in total. The largest absolute Gasteiger partial charge is 0.375 e. The van der Waals surface area contributed by atoms with E-state index in [0.29, 0.717) is 19.1 Å². The number of halogens is 2. The first-order valence-electron chi connectivity index (χ1n) is 9.64. The number of carbonyl (C=O) groups is 1. The van der Waals surface area contributed by atoms with Crippen molar-refractivity contribution >= 4 is 30.7 Å². The molecule has 7 heteroatoms. The number of benzene rings is 1. The van der Waals surface area contributed by atoms with Crippen molar-refractivity contribution in [3.63, 3.8) is 0 Å². The van der Waals surface area contributed by atoms with Gasteiger partial charge < -0.3 is 15.0 Å². The molecule has 1 aromatic carbocycles. The zero-order chi connectivity index (χ0) is 17.5. The molecule has 0 aromatic heterocycles. The molecule has 2 atom stereocenters. The van der Waals surface area contributed by atoms with E-state index in [-0.39, 0.29) is 36.8 Å². The Bertz CT molecular complexity index is 541. The van der Waals surface area contributed by atoms with Gasteiger partial charge in [-0.05, 0) is 24.9 Å². The number of hydrogen-bond donors (Lipinski definition) is 1. The zero-order valence-electron chi connectivity index (χ0n) is 16.1. The Morgan fingerprint density at radius 2 is 2.07 bits per heavy atom. The van der Waals surface area contributed by atoms with Crippen molar-refractivity contribution in [1.82, 2.24) is 15.1 Å². The first kappa shape index (κ1) is 24.2. The Kier molecular flexibility index (Phi) is 11.3. The molecular formula is C20H33Cl2N3O2. The van der Waals surface area contributed by atoms with E-state index in [2.05, 4.69) is 46.3 Å². The first-order valence-corrected chi connectivity index (χ1v) is 9.64. The van der Waals surface area contributed by atoms with Gasteiger partial charge in [0, 0.05) is 38.8 Å². The summed E-state index contributed by atoms with van der Waals surface area (Å²) in [7, 11) is 0. The van der Waals surface area contributed by atoms with E-state index >= 15 is 0 Å². The van der Waals surface area contributed by atoms with Crippen molar-refractivity contribution in [1.29, 1.82) is 0 Å². The van der Waals surface area contributed by atoms with Crippen molar-refractivity contribution in [2.24, 2.45) is 0 Å². The molecule has 1 amide bonds. The molecule has 1 aromatic rings. The second-order valence-electron chi connectivity index (χ2n) is 7.15. The van der Waals surface area contributed by atoms with Crippen LogP contribution in [0.3, 0.4) is 0 Å². The first-order chi connectivity index (χ1) is 12.3.